The standard InChI is InChI=1S/C20H19ClN2O5/c21-16-7-4-14(5-8-16)19(24)13-28-20(25)15-6-9-17(18(12-15)23(26)27)22-10-2-1-3-11-22/h4-9,12H,1-3,10-11,13H2. The number of esters is 1. The zero-order valence-corrected chi connectivity index (χ0v) is 15.9. The average Bonchev–Trinajstić information content (AvgIpc) is 2.72. The highest BCUT2D eigenvalue weighted by atomic mass is 35.5. The molecular weight excluding hydrogens is 384 g/mol. The Kier molecular flexibility index (Phi) is 6.26. The molecule has 0 radical (unpaired) electrons. The minimum atomic E-state index is -0.782. The van der Waals surface area contributed by atoms with Crippen LogP contribution in [0.3, 0.4) is 0 Å². The van der Waals surface area contributed by atoms with Crippen LogP contribution in [0.4, 0.5) is 11.4 Å². The molecule has 0 saturated carbocycles. The van der Waals surface area contributed by atoms with Crippen molar-refractivity contribution < 1.29 is 19.2 Å². The summed E-state index contributed by atoms with van der Waals surface area (Å²) >= 11 is 5.78. The van der Waals surface area contributed by atoms with Gasteiger partial charge in [0.1, 0.15) is 5.69 Å². The van der Waals surface area contributed by atoms with Crippen molar-refractivity contribution in [2.24, 2.45) is 0 Å². The quantitative estimate of drug-likeness (QED) is 0.310. The Morgan fingerprint density at radius 3 is 2.32 bits per heavy atom. The number of Topliss-reactive ketones (excluding diaryl/α,β-unsaturated/α-hetero) is 1. The van der Waals surface area contributed by atoms with E-state index in [0.717, 1.165) is 32.4 Å². The highest BCUT2D eigenvalue weighted by Gasteiger charge is 2.24. The normalized spacial score (nSPS) is 13.8. The number of nitro benzene ring substituents is 1. The van der Waals surface area contributed by atoms with E-state index in [1.807, 2.05) is 4.90 Å². The van der Waals surface area contributed by atoms with E-state index in [2.05, 4.69) is 0 Å². The van der Waals surface area contributed by atoms with Crippen molar-refractivity contribution in [3.05, 3.63) is 68.7 Å². The Bertz CT molecular complexity index is 892. The number of hydrogen-bond acceptors (Lipinski definition) is 6. The van der Waals surface area contributed by atoms with Gasteiger partial charge in [0.05, 0.1) is 10.5 Å². The molecule has 1 saturated heterocycles. The van der Waals surface area contributed by atoms with Gasteiger partial charge < -0.3 is 9.64 Å². The molecule has 8 heteroatoms. The zero-order chi connectivity index (χ0) is 20.1. The maximum absolute atomic E-state index is 12.3. The Labute approximate surface area is 167 Å². The fraction of sp³-hybridized carbons (Fsp3) is 0.300. The van der Waals surface area contributed by atoms with Crippen LogP contribution in [0, 0.1) is 10.1 Å². The summed E-state index contributed by atoms with van der Waals surface area (Å²) in [4.78, 5) is 37.3. The first kappa shape index (κ1) is 19.8. The van der Waals surface area contributed by atoms with Crippen molar-refractivity contribution in [3.8, 4) is 0 Å². The molecule has 2 aromatic carbocycles. The summed E-state index contributed by atoms with van der Waals surface area (Å²) in [5.41, 5.74) is 0.763. The SMILES string of the molecule is O=C(COC(=O)c1ccc(N2CCCCC2)c([N+](=O)[O-])c1)c1ccc(Cl)cc1. The number of piperidine rings is 1. The number of carbonyl (C=O) groups excluding carboxylic acids is 2. The van der Waals surface area contributed by atoms with Crippen molar-refractivity contribution in [2.45, 2.75) is 19.3 Å². The molecule has 0 aromatic heterocycles. The minimum absolute atomic E-state index is 0.0383. The number of benzene rings is 2. The molecule has 0 unspecified atom stereocenters. The van der Waals surface area contributed by atoms with Crippen LogP contribution in [0.25, 0.3) is 0 Å². The monoisotopic (exact) mass is 402 g/mol. The number of ether oxygens (including phenoxy) is 1. The molecule has 0 aliphatic carbocycles. The third-order valence-electron chi connectivity index (χ3n) is 4.61. The van der Waals surface area contributed by atoms with Crippen LogP contribution in [-0.2, 0) is 4.74 Å². The fourth-order valence-corrected chi connectivity index (χ4v) is 3.26. The van der Waals surface area contributed by atoms with Crippen LogP contribution in [0.1, 0.15) is 40.0 Å². The first-order chi connectivity index (χ1) is 13.5. The number of nitro groups is 1. The molecule has 1 aliphatic heterocycles. The van der Waals surface area contributed by atoms with Gasteiger partial charge >= 0.3 is 5.97 Å². The Hall–Kier alpha value is -2.93. The maximum atomic E-state index is 12.3. The summed E-state index contributed by atoms with van der Waals surface area (Å²) < 4.78 is 5.04. The molecule has 1 fully saturated rings. The molecule has 0 amide bonds. The number of halogens is 1. The second-order valence-electron chi connectivity index (χ2n) is 6.51. The van der Waals surface area contributed by atoms with Crippen LogP contribution in [-0.4, -0.2) is 36.4 Å². The van der Waals surface area contributed by atoms with E-state index in [0.29, 0.717) is 16.3 Å². The number of carbonyl (C=O) groups is 2. The number of rotatable bonds is 6. The lowest BCUT2D eigenvalue weighted by Crippen LogP contribution is -2.30. The summed E-state index contributed by atoms with van der Waals surface area (Å²) in [6.45, 7) is 1.04. The molecule has 0 atom stereocenters. The van der Waals surface area contributed by atoms with E-state index in [1.54, 1.807) is 18.2 Å². The van der Waals surface area contributed by atoms with Crippen molar-refractivity contribution in [1.29, 1.82) is 0 Å². The van der Waals surface area contributed by atoms with Crippen LogP contribution in [0.5, 0.6) is 0 Å². The molecule has 2 aromatic rings. The predicted octanol–water partition coefficient (Wildman–Crippen LogP) is 4.28. The molecule has 1 heterocycles. The van der Waals surface area contributed by atoms with Crippen LogP contribution < -0.4 is 4.90 Å². The number of anilines is 1. The van der Waals surface area contributed by atoms with Crippen molar-refractivity contribution in [1.82, 2.24) is 0 Å². The zero-order valence-electron chi connectivity index (χ0n) is 15.1. The Morgan fingerprint density at radius 1 is 1.04 bits per heavy atom. The molecular formula is C20H19ClN2O5. The molecule has 146 valence electrons. The van der Waals surface area contributed by atoms with Crippen LogP contribution in [0.15, 0.2) is 42.5 Å². The number of hydrogen-bond donors (Lipinski definition) is 0. The lowest BCUT2D eigenvalue weighted by molar-refractivity contribution is -0.384. The van der Waals surface area contributed by atoms with Gasteiger partial charge in [-0.1, -0.05) is 11.6 Å². The highest BCUT2D eigenvalue weighted by Crippen LogP contribution is 2.31. The Morgan fingerprint density at radius 2 is 1.68 bits per heavy atom. The molecule has 1 aliphatic rings. The second kappa shape index (κ2) is 8.84. The minimum Gasteiger partial charge on any atom is -0.454 e. The van der Waals surface area contributed by atoms with Crippen molar-refractivity contribution >= 4 is 34.7 Å². The fourth-order valence-electron chi connectivity index (χ4n) is 3.13. The Balaban J connectivity index is 1.70. The summed E-state index contributed by atoms with van der Waals surface area (Å²) in [6.07, 6.45) is 3.07. The molecule has 0 N–H and O–H groups in total. The van der Waals surface area contributed by atoms with Crippen molar-refractivity contribution in [3.63, 3.8) is 0 Å². The third kappa shape index (κ3) is 4.67. The summed E-state index contributed by atoms with van der Waals surface area (Å²) in [6, 6.07) is 10.5. The average molecular weight is 403 g/mol. The predicted molar refractivity (Wildman–Crippen MR) is 105 cm³/mol. The van der Waals surface area contributed by atoms with E-state index < -0.39 is 17.5 Å². The van der Waals surface area contributed by atoms with E-state index in [9.17, 15) is 19.7 Å². The van der Waals surface area contributed by atoms with E-state index in [4.69, 9.17) is 16.3 Å². The van der Waals surface area contributed by atoms with Gasteiger partial charge in [-0.25, -0.2) is 4.79 Å². The lowest BCUT2D eigenvalue weighted by Gasteiger charge is -2.28. The van der Waals surface area contributed by atoms with Gasteiger partial charge in [0.2, 0.25) is 0 Å². The molecule has 0 bridgehead atoms. The topological polar surface area (TPSA) is 89.8 Å². The summed E-state index contributed by atoms with van der Waals surface area (Å²) in [5, 5.41) is 12.0. The largest absolute Gasteiger partial charge is 0.454 e. The van der Waals surface area contributed by atoms with Gasteiger partial charge in [0, 0.05) is 29.7 Å². The second-order valence-corrected chi connectivity index (χ2v) is 6.95. The van der Waals surface area contributed by atoms with Crippen LogP contribution in [0.2, 0.25) is 5.02 Å². The summed E-state index contributed by atoms with van der Waals surface area (Å²) in [7, 11) is 0. The maximum Gasteiger partial charge on any atom is 0.338 e. The van der Waals surface area contributed by atoms with Gasteiger partial charge in [0.25, 0.3) is 5.69 Å². The van der Waals surface area contributed by atoms with Gasteiger partial charge in [-0.2, -0.15) is 0 Å². The lowest BCUT2D eigenvalue weighted by atomic mass is 10.1. The van der Waals surface area contributed by atoms with Crippen molar-refractivity contribution in [2.75, 3.05) is 24.6 Å². The third-order valence-corrected chi connectivity index (χ3v) is 4.86. The molecule has 7 nitrogen and oxygen atoms in total. The van der Waals surface area contributed by atoms with E-state index >= 15 is 0 Å². The number of nitrogens with zero attached hydrogens (tertiary/aromatic N) is 2. The van der Waals surface area contributed by atoms with Crippen LogP contribution >= 0.6 is 11.6 Å². The van der Waals surface area contributed by atoms with Gasteiger partial charge in [-0.15, -0.1) is 0 Å². The highest BCUT2D eigenvalue weighted by molar-refractivity contribution is 6.30. The number of ketones is 1. The molecule has 28 heavy (non-hydrogen) atoms. The van der Waals surface area contributed by atoms with E-state index in [1.165, 1.54) is 24.3 Å². The molecule has 0 spiro atoms. The first-order valence-electron chi connectivity index (χ1n) is 8.95. The summed E-state index contributed by atoms with van der Waals surface area (Å²) in [5.74, 6) is -1.17. The smallest absolute Gasteiger partial charge is 0.338 e. The first-order valence-corrected chi connectivity index (χ1v) is 9.33. The van der Waals surface area contributed by atoms with Gasteiger partial charge in [-0.3, -0.25) is 14.9 Å². The van der Waals surface area contributed by atoms with Gasteiger partial charge in [-0.05, 0) is 55.7 Å². The van der Waals surface area contributed by atoms with E-state index in [-0.39, 0.29) is 17.0 Å². The van der Waals surface area contributed by atoms with Gasteiger partial charge in [0.15, 0.2) is 12.4 Å². The molecule has 3 rings (SSSR count).